The molecule has 0 spiro atoms. The van der Waals surface area contributed by atoms with Gasteiger partial charge < -0.3 is 9.47 Å². The highest BCUT2D eigenvalue weighted by atomic mass is 16.5. The highest BCUT2D eigenvalue weighted by molar-refractivity contribution is 6.01. The molecule has 0 unspecified atom stereocenters. The van der Waals surface area contributed by atoms with Crippen molar-refractivity contribution in [1.29, 1.82) is 0 Å². The average Bonchev–Trinajstić information content (AvgIpc) is 3.33. The molecule has 4 rings (SSSR count). The maximum Gasteiger partial charge on any atom is 0.342 e. The van der Waals surface area contributed by atoms with Crippen LogP contribution in [-0.2, 0) is 4.74 Å². The molecule has 0 amide bonds. The second-order valence-electron chi connectivity index (χ2n) is 7.54. The minimum atomic E-state index is -0.672. The van der Waals surface area contributed by atoms with Crippen LogP contribution in [0.1, 0.15) is 26.3 Å². The molecule has 1 aromatic heterocycles. The van der Waals surface area contributed by atoms with Gasteiger partial charge in [-0.2, -0.15) is 5.10 Å². The molecular weight excluding hydrogens is 434 g/mol. The number of ether oxygens (including phenoxy) is 2. The summed E-state index contributed by atoms with van der Waals surface area (Å²) in [6, 6.07) is 21.3. The zero-order valence-corrected chi connectivity index (χ0v) is 18.7. The number of anilines is 1. The molecule has 4 aromatic rings. The first kappa shape index (κ1) is 22.8. The number of ketones is 1. The summed E-state index contributed by atoms with van der Waals surface area (Å²) in [5, 5.41) is 13.8. The Balaban J connectivity index is 1.60. The van der Waals surface area contributed by atoms with E-state index in [0.717, 1.165) is 11.3 Å². The number of hydrogen-bond donors (Lipinski definition) is 2. The molecule has 2 N–H and O–H groups in total. The van der Waals surface area contributed by atoms with Crippen molar-refractivity contribution in [3.63, 3.8) is 0 Å². The number of nitrogens with zero attached hydrogens (tertiary/aromatic N) is 2. The van der Waals surface area contributed by atoms with Crippen molar-refractivity contribution in [2.24, 2.45) is 0 Å². The number of Topliss-reactive ketones (excluding diaryl/α,β-unsaturated/α-hetero) is 1. The van der Waals surface area contributed by atoms with Gasteiger partial charge in [0.25, 0.3) is 0 Å². The number of carbonyl (C=O) groups is 2. The molecule has 0 bridgehead atoms. The summed E-state index contributed by atoms with van der Waals surface area (Å²) in [5.74, 6) is -0.393. The Morgan fingerprint density at radius 1 is 1.03 bits per heavy atom. The van der Waals surface area contributed by atoms with E-state index in [1.54, 1.807) is 61.3 Å². The summed E-state index contributed by atoms with van der Waals surface area (Å²) in [5.41, 5.74) is 5.66. The zero-order chi connectivity index (χ0) is 24.1. The van der Waals surface area contributed by atoms with Crippen LogP contribution in [0.3, 0.4) is 0 Å². The van der Waals surface area contributed by atoms with Crippen LogP contribution in [0.15, 0.2) is 79.0 Å². The van der Waals surface area contributed by atoms with Gasteiger partial charge in [0.15, 0.2) is 12.4 Å². The molecule has 0 saturated heterocycles. The largest absolute Gasteiger partial charge is 0.497 e. The standard InChI is InChI=1S/C26H23N3O5/c1-17-8-9-19(14-23(17)28-32)24(30)16-34-26(31)22-15-29(20-6-4-3-5-7-20)27-25(22)18-10-12-21(33-2)13-11-18/h3-15,28,32H,16H2,1-2H3. The molecule has 0 fully saturated rings. The fourth-order valence-electron chi connectivity index (χ4n) is 3.41. The van der Waals surface area contributed by atoms with Gasteiger partial charge in [-0.1, -0.05) is 30.3 Å². The van der Waals surface area contributed by atoms with E-state index in [-0.39, 0.29) is 5.56 Å². The van der Waals surface area contributed by atoms with Crippen LogP contribution >= 0.6 is 0 Å². The van der Waals surface area contributed by atoms with Crippen LogP contribution < -0.4 is 10.2 Å². The Bertz CT molecular complexity index is 1310. The lowest BCUT2D eigenvalue weighted by Gasteiger charge is -2.08. The van der Waals surface area contributed by atoms with Gasteiger partial charge in [-0.05, 0) is 55.0 Å². The van der Waals surface area contributed by atoms with Crippen molar-refractivity contribution in [1.82, 2.24) is 9.78 Å². The number of esters is 1. The Morgan fingerprint density at radius 3 is 2.44 bits per heavy atom. The van der Waals surface area contributed by atoms with Crippen molar-refractivity contribution in [2.45, 2.75) is 6.92 Å². The summed E-state index contributed by atoms with van der Waals surface area (Å²) in [4.78, 5) is 25.6. The second kappa shape index (κ2) is 10.0. The van der Waals surface area contributed by atoms with Crippen LogP contribution in [0.5, 0.6) is 5.75 Å². The summed E-state index contributed by atoms with van der Waals surface area (Å²) in [6.07, 6.45) is 1.58. The number of nitrogens with one attached hydrogen (secondary N) is 1. The highest BCUT2D eigenvalue weighted by Gasteiger charge is 2.21. The fraction of sp³-hybridized carbons (Fsp3) is 0.115. The van der Waals surface area contributed by atoms with Crippen LogP contribution in [-0.4, -0.2) is 40.5 Å². The lowest BCUT2D eigenvalue weighted by atomic mass is 10.1. The Labute approximate surface area is 196 Å². The number of rotatable bonds is 8. The SMILES string of the molecule is COc1ccc(-c2nn(-c3ccccc3)cc2C(=O)OCC(=O)c2ccc(C)c(NO)c2)cc1. The van der Waals surface area contributed by atoms with Gasteiger partial charge in [-0.3, -0.25) is 15.5 Å². The number of aromatic nitrogens is 2. The van der Waals surface area contributed by atoms with E-state index in [0.29, 0.717) is 28.3 Å². The topological polar surface area (TPSA) is 103 Å². The first-order chi connectivity index (χ1) is 16.5. The molecule has 0 aliphatic heterocycles. The maximum atomic E-state index is 13.0. The molecule has 3 aromatic carbocycles. The third kappa shape index (κ3) is 4.82. The van der Waals surface area contributed by atoms with Crippen molar-refractivity contribution < 1.29 is 24.3 Å². The number of carbonyl (C=O) groups excluding carboxylic acids is 2. The Morgan fingerprint density at radius 2 is 1.76 bits per heavy atom. The van der Waals surface area contributed by atoms with Gasteiger partial charge in [-0.15, -0.1) is 0 Å². The summed E-state index contributed by atoms with van der Waals surface area (Å²) in [6.45, 7) is 1.34. The van der Waals surface area contributed by atoms with Crippen molar-refractivity contribution in [2.75, 3.05) is 19.2 Å². The molecule has 0 aliphatic carbocycles. The monoisotopic (exact) mass is 457 g/mol. The summed E-state index contributed by atoms with van der Waals surface area (Å²) < 4.78 is 12.2. The van der Waals surface area contributed by atoms with Crippen LogP contribution in [0.2, 0.25) is 0 Å². The predicted molar refractivity (Wildman–Crippen MR) is 127 cm³/mol. The molecule has 0 radical (unpaired) electrons. The van der Waals surface area contributed by atoms with Gasteiger partial charge in [0.05, 0.1) is 18.5 Å². The zero-order valence-electron chi connectivity index (χ0n) is 18.7. The predicted octanol–water partition coefficient (Wildman–Crippen LogP) is 4.70. The highest BCUT2D eigenvalue weighted by Crippen LogP contribution is 2.26. The molecule has 0 aliphatic rings. The molecule has 1 heterocycles. The lowest BCUT2D eigenvalue weighted by molar-refractivity contribution is 0.0475. The number of benzene rings is 3. The lowest BCUT2D eigenvalue weighted by Crippen LogP contribution is -2.15. The van der Waals surface area contributed by atoms with Crippen molar-refractivity contribution in [3.05, 3.63) is 95.7 Å². The number of hydrogen-bond acceptors (Lipinski definition) is 7. The third-order valence-electron chi connectivity index (χ3n) is 5.33. The Hall–Kier alpha value is -4.43. The van der Waals surface area contributed by atoms with Crippen molar-refractivity contribution in [3.8, 4) is 22.7 Å². The summed E-state index contributed by atoms with van der Waals surface area (Å²) >= 11 is 0. The smallest absolute Gasteiger partial charge is 0.342 e. The minimum Gasteiger partial charge on any atom is -0.497 e. The van der Waals surface area contributed by atoms with Crippen LogP contribution in [0.25, 0.3) is 16.9 Å². The number of aryl methyl sites for hydroxylation is 1. The second-order valence-corrected chi connectivity index (χ2v) is 7.54. The van der Waals surface area contributed by atoms with Gasteiger partial charge in [0, 0.05) is 17.3 Å². The number of methoxy groups -OCH3 is 1. The normalized spacial score (nSPS) is 10.6. The van der Waals surface area contributed by atoms with Crippen LogP contribution in [0, 0.1) is 6.92 Å². The third-order valence-corrected chi connectivity index (χ3v) is 5.33. The number of para-hydroxylation sites is 1. The van der Waals surface area contributed by atoms with E-state index in [4.69, 9.17) is 9.47 Å². The van der Waals surface area contributed by atoms with Crippen molar-refractivity contribution >= 4 is 17.4 Å². The van der Waals surface area contributed by atoms with Gasteiger partial charge >= 0.3 is 5.97 Å². The Kier molecular flexibility index (Phi) is 6.70. The molecule has 172 valence electrons. The van der Waals surface area contributed by atoms with E-state index in [9.17, 15) is 14.8 Å². The quantitative estimate of drug-likeness (QED) is 0.225. The van der Waals surface area contributed by atoms with Gasteiger partial charge in [0.2, 0.25) is 0 Å². The molecule has 8 heteroatoms. The first-order valence-corrected chi connectivity index (χ1v) is 10.5. The maximum absolute atomic E-state index is 13.0. The molecular formula is C26H23N3O5. The van der Waals surface area contributed by atoms with E-state index < -0.39 is 18.4 Å². The first-order valence-electron chi connectivity index (χ1n) is 10.5. The van der Waals surface area contributed by atoms with Gasteiger partial charge in [0.1, 0.15) is 17.0 Å². The fourth-order valence-corrected chi connectivity index (χ4v) is 3.41. The van der Waals surface area contributed by atoms with Crippen LogP contribution in [0.4, 0.5) is 5.69 Å². The molecule has 0 saturated carbocycles. The summed E-state index contributed by atoms with van der Waals surface area (Å²) in [7, 11) is 1.58. The average molecular weight is 457 g/mol. The minimum absolute atomic E-state index is 0.225. The van der Waals surface area contributed by atoms with E-state index in [2.05, 4.69) is 10.6 Å². The molecule has 34 heavy (non-hydrogen) atoms. The van der Waals surface area contributed by atoms with E-state index in [1.165, 1.54) is 6.07 Å². The van der Waals surface area contributed by atoms with E-state index in [1.807, 2.05) is 30.3 Å². The molecule has 8 nitrogen and oxygen atoms in total. The van der Waals surface area contributed by atoms with Gasteiger partial charge in [-0.25, -0.2) is 9.48 Å². The van der Waals surface area contributed by atoms with E-state index >= 15 is 0 Å². The molecule has 0 atom stereocenters.